The van der Waals surface area contributed by atoms with Gasteiger partial charge in [-0.25, -0.2) is 0 Å². The van der Waals surface area contributed by atoms with E-state index >= 15 is 0 Å². The summed E-state index contributed by atoms with van der Waals surface area (Å²) in [4.78, 5) is 0. The van der Waals surface area contributed by atoms with Crippen LogP contribution in [0.25, 0.3) is 0 Å². The Kier molecular flexibility index (Phi) is 6.01. The lowest BCUT2D eigenvalue weighted by Crippen LogP contribution is -2.33. The first kappa shape index (κ1) is 14.9. The third kappa shape index (κ3) is 4.58. The number of nitrogens with one attached hydrogen (secondary N) is 1. The number of aliphatic hydroxyl groups is 1. The van der Waals surface area contributed by atoms with Crippen molar-refractivity contribution < 1.29 is 18.6 Å². The van der Waals surface area contributed by atoms with Gasteiger partial charge in [-0.2, -0.15) is 8.78 Å². The minimum Gasteiger partial charge on any atom is -0.435 e. The summed E-state index contributed by atoms with van der Waals surface area (Å²) in [7, 11) is 0. The third-order valence-electron chi connectivity index (χ3n) is 2.78. The second kappa shape index (κ2) is 7.28. The van der Waals surface area contributed by atoms with Gasteiger partial charge in [0.05, 0.1) is 6.61 Å². The Hall–Kier alpha value is -1.20. The second-order valence-electron chi connectivity index (χ2n) is 4.13. The van der Waals surface area contributed by atoms with Gasteiger partial charge in [0.25, 0.3) is 0 Å². The predicted octanol–water partition coefficient (Wildman–Crippen LogP) is 2.71. The average Bonchev–Trinajstić information content (AvgIpc) is 2.35. The highest BCUT2D eigenvalue weighted by molar-refractivity contribution is 5.30. The molecule has 0 heterocycles. The van der Waals surface area contributed by atoms with Crippen molar-refractivity contribution in [3.05, 3.63) is 29.8 Å². The quantitative estimate of drug-likeness (QED) is 0.791. The van der Waals surface area contributed by atoms with Gasteiger partial charge in [-0.1, -0.05) is 19.1 Å². The van der Waals surface area contributed by atoms with Gasteiger partial charge < -0.3 is 15.2 Å². The van der Waals surface area contributed by atoms with Crippen molar-refractivity contribution in [2.24, 2.45) is 0 Å². The van der Waals surface area contributed by atoms with Crippen molar-refractivity contribution in [1.82, 2.24) is 5.32 Å². The summed E-state index contributed by atoms with van der Waals surface area (Å²) in [5.74, 6) is 0.146. The van der Waals surface area contributed by atoms with Crippen LogP contribution in [-0.4, -0.2) is 24.4 Å². The smallest absolute Gasteiger partial charge is 0.387 e. The highest BCUT2D eigenvalue weighted by Crippen LogP contribution is 2.21. The van der Waals surface area contributed by atoms with Gasteiger partial charge in [0.2, 0.25) is 0 Å². The van der Waals surface area contributed by atoms with Crippen molar-refractivity contribution in [3.8, 4) is 5.75 Å². The van der Waals surface area contributed by atoms with E-state index in [1.807, 2.05) is 19.9 Å². The van der Waals surface area contributed by atoms with Gasteiger partial charge in [0.15, 0.2) is 0 Å². The molecule has 2 atom stereocenters. The lowest BCUT2D eigenvalue weighted by Gasteiger charge is -2.21. The number of benzene rings is 1. The Morgan fingerprint density at radius 2 is 2.11 bits per heavy atom. The van der Waals surface area contributed by atoms with Crippen molar-refractivity contribution in [2.45, 2.75) is 39.0 Å². The Morgan fingerprint density at radius 1 is 1.39 bits per heavy atom. The molecule has 0 aliphatic rings. The molecule has 0 spiro atoms. The second-order valence-corrected chi connectivity index (χ2v) is 4.13. The van der Waals surface area contributed by atoms with Gasteiger partial charge >= 0.3 is 6.61 Å². The van der Waals surface area contributed by atoms with Crippen LogP contribution in [0, 0.1) is 0 Å². The number of hydrogen-bond acceptors (Lipinski definition) is 3. The molecule has 5 heteroatoms. The third-order valence-corrected chi connectivity index (χ3v) is 2.78. The van der Waals surface area contributed by atoms with Crippen LogP contribution in [0.3, 0.4) is 0 Å². The van der Waals surface area contributed by atoms with Gasteiger partial charge in [0, 0.05) is 12.1 Å². The molecule has 0 bridgehead atoms. The van der Waals surface area contributed by atoms with Crippen molar-refractivity contribution in [3.63, 3.8) is 0 Å². The summed E-state index contributed by atoms with van der Waals surface area (Å²) in [6.45, 7) is 1.12. The fourth-order valence-corrected chi connectivity index (χ4v) is 1.71. The van der Waals surface area contributed by atoms with Crippen LogP contribution >= 0.6 is 0 Å². The Morgan fingerprint density at radius 3 is 2.67 bits per heavy atom. The van der Waals surface area contributed by atoms with E-state index in [0.29, 0.717) is 0 Å². The topological polar surface area (TPSA) is 41.5 Å². The molecule has 0 amide bonds. The number of hydrogen-bond donors (Lipinski definition) is 2. The number of halogens is 2. The maximum atomic E-state index is 12.1. The molecule has 0 saturated heterocycles. The molecule has 0 aliphatic heterocycles. The van der Waals surface area contributed by atoms with E-state index in [4.69, 9.17) is 5.11 Å². The summed E-state index contributed by atoms with van der Waals surface area (Å²) >= 11 is 0. The molecule has 0 aromatic heterocycles. The average molecular weight is 259 g/mol. The molecule has 1 aromatic rings. The van der Waals surface area contributed by atoms with Crippen LogP contribution in [0.1, 0.15) is 31.9 Å². The van der Waals surface area contributed by atoms with E-state index in [1.165, 1.54) is 6.07 Å². The maximum absolute atomic E-state index is 12.1. The molecule has 102 valence electrons. The first-order valence-corrected chi connectivity index (χ1v) is 5.98. The monoisotopic (exact) mass is 259 g/mol. The van der Waals surface area contributed by atoms with Crippen molar-refractivity contribution in [2.75, 3.05) is 6.61 Å². The normalized spacial score (nSPS) is 14.6. The Labute approximate surface area is 106 Å². The molecule has 0 fully saturated rings. The van der Waals surface area contributed by atoms with Crippen LogP contribution in [0.5, 0.6) is 5.75 Å². The summed E-state index contributed by atoms with van der Waals surface area (Å²) in [5.41, 5.74) is 0.847. The zero-order chi connectivity index (χ0) is 13.5. The molecule has 0 aliphatic carbocycles. The molecular weight excluding hydrogens is 240 g/mol. The van der Waals surface area contributed by atoms with E-state index in [2.05, 4.69) is 10.1 Å². The zero-order valence-corrected chi connectivity index (χ0v) is 10.6. The molecule has 1 unspecified atom stereocenters. The summed E-state index contributed by atoms with van der Waals surface area (Å²) < 4.78 is 28.6. The van der Waals surface area contributed by atoms with Gasteiger partial charge in [-0.15, -0.1) is 0 Å². The fraction of sp³-hybridized carbons (Fsp3) is 0.538. The SMILES string of the molecule is CC[C@@H](CO)NC(C)c1cccc(OC(F)F)c1. The Balaban J connectivity index is 2.70. The molecule has 1 rings (SSSR count). The number of alkyl halides is 2. The van der Waals surface area contributed by atoms with E-state index in [0.717, 1.165) is 12.0 Å². The van der Waals surface area contributed by atoms with Crippen molar-refractivity contribution in [1.29, 1.82) is 0 Å². The summed E-state index contributed by atoms with van der Waals surface area (Å²) in [6, 6.07) is 6.54. The number of rotatable bonds is 7. The van der Waals surface area contributed by atoms with Gasteiger partial charge in [0.1, 0.15) is 5.75 Å². The molecule has 3 nitrogen and oxygen atoms in total. The Bertz CT molecular complexity index is 357. The standard InChI is InChI=1S/C13H19F2NO2/c1-3-11(8-17)16-9(2)10-5-4-6-12(7-10)18-13(14)15/h4-7,9,11,13,16-17H,3,8H2,1-2H3/t9?,11-/m0/s1. The number of aliphatic hydroxyl groups excluding tert-OH is 1. The predicted molar refractivity (Wildman–Crippen MR) is 65.8 cm³/mol. The molecular formula is C13H19F2NO2. The van der Waals surface area contributed by atoms with E-state index in [1.54, 1.807) is 12.1 Å². The molecule has 0 radical (unpaired) electrons. The van der Waals surface area contributed by atoms with E-state index < -0.39 is 6.61 Å². The van der Waals surface area contributed by atoms with Crippen molar-refractivity contribution >= 4 is 0 Å². The van der Waals surface area contributed by atoms with E-state index in [9.17, 15) is 8.78 Å². The minimum absolute atomic E-state index is 0.000303. The van der Waals surface area contributed by atoms with Gasteiger partial charge in [-0.3, -0.25) is 0 Å². The first-order chi connectivity index (χ1) is 8.56. The first-order valence-electron chi connectivity index (χ1n) is 5.98. The molecule has 1 aromatic carbocycles. The highest BCUT2D eigenvalue weighted by Gasteiger charge is 2.12. The van der Waals surface area contributed by atoms with E-state index in [-0.39, 0.29) is 24.4 Å². The van der Waals surface area contributed by atoms with Gasteiger partial charge in [-0.05, 0) is 31.0 Å². The van der Waals surface area contributed by atoms with Crippen LogP contribution in [-0.2, 0) is 0 Å². The maximum Gasteiger partial charge on any atom is 0.387 e. The fourth-order valence-electron chi connectivity index (χ4n) is 1.71. The van der Waals surface area contributed by atoms with Crippen LogP contribution in [0.15, 0.2) is 24.3 Å². The number of ether oxygens (including phenoxy) is 1. The van der Waals surface area contributed by atoms with Crippen LogP contribution in [0.2, 0.25) is 0 Å². The summed E-state index contributed by atoms with van der Waals surface area (Å²) in [5, 5.41) is 12.3. The zero-order valence-electron chi connectivity index (χ0n) is 10.6. The van der Waals surface area contributed by atoms with Crippen LogP contribution < -0.4 is 10.1 Å². The largest absolute Gasteiger partial charge is 0.435 e. The minimum atomic E-state index is -2.82. The highest BCUT2D eigenvalue weighted by atomic mass is 19.3. The lowest BCUT2D eigenvalue weighted by atomic mass is 10.1. The molecule has 2 N–H and O–H groups in total. The van der Waals surface area contributed by atoms with Crippen LogP contribution in [0.4, 0.5) is 8.78 Å². The summed E-state index contributed by atoms with van der Waals surface area (Å²) in [6.07, 6.45) is 0.800. The molecule has 0 saturated carbocycles. The molecule has 18 heavy (non-hydrogen) atoms. The lowest BCUT2D eigenvalue weighted by molar-refractivity contribution is -0.0499.